The molecule has 0 aliphatic carbocycles. The highest BCUT2D eigenvalue weighted by atomic mass is 79.9. The Kier molecular flexibility index (Phi) is 3.78. The highest BCUT2D eigenvalue weighted by Gasteiger charge is 2.17. The maximum absolute atomic E-state index is 13.6. The van der Waals surface area contributed by atoms with Crippen LogP contribution in [0.3, 0.4) is 0 Å². The van der Waals surface area contributed by atoms with E-state index in [9.17, 15) is 13.9 Å². The Morgan fingerprint density at radius 3 is 2.33 bits per heavy atom. The number of halogens is 3. The van der Waals surface area contributed by atoms with Crippen LogP contribution in [0.4, 0.5) is 8.78 Å². The van der Waals surface area contributed by atoms with Crippen molar-refractivity contribution in [2.24, 2.45) is 0 Å². The lowest BCUT2D eigenvalue weighted by Gasteiger charge is -2.15. The van der Waals surface area contributed by atoms with Crippen molar-refractivity contribution in [2.45, 2.75) is 13.0 Å². The molecular formula is C14H11BrF2O. The summed E-state index contributed by atoms with van der Waals surface area (Å²) in [6.45, 7) is 1.82. The Bertz CT molecular complexity index is 533. The van der Waals surface area contributed by atoms with E-state index in [1.54, 1.807) is 12.1 Å². The van der Waals surface area contributed by atoms with Gasteiger partial charge in [0.05, 0.1) is 0 Å². The molecular weight excluding hydrogens is 302 g/mol. The van der Waals surface area contributed by atoms with Crippen molar-refractivity contribution in [1.82, 2.24) is 0 Å². The molecule has 0 spiro atoms. The minimum atomic E-state index is -1.10. The van der Waals surface area contributed by atoms with E-state index in [0.717, 1.165) is 22.2 Å². The first kappa shape index (κ1) is 13.2. The number of aliphatic hydroxyl groups excluding tert-OH is 1. The second-order valence-corrected chi connectivity index (χ2v) is 4.98. The summed E-state index contributed by atoms with van der Waals surface area (Å²) in [5.74, 6) is -1.40. The number of hydrogen-bond donors (Lipinski definition) is 1. The van der Waals surface area contributed by atoms with Gasteiger partial charge in [-0.25, -0.2) is 8.78 Å². The first-order chi connectivity index (χ1) is 8.49. The third kappa shape index (κ3) is 2.60. The van der Waals surface area contributed by atoms with Crippen LogP contribution in [0, 0.1) is 18.6 Å². The second kappa shape index (κ2) is 5.16. The molecule has 0 saturated carbocycles. The van der Waals surface area contributed by atoms with Crippen molar-refractivity contribution in [3.05, 3.63) is 69.2 Å². The third-order valence-corrected chi connectivity index (χ3v) is 3.28. The van der Waals surface area contributed by atoms with E-state index in [4.69, 9.17) is 0 Å². The average molecular weight is 313 g/mol. The van der Waals surface area contributed by atoms with E-state index in [1.165, 1.54) is 6.07 Å². The molecule has 18 heavy (non-hydrogen) atoms. The zero-order chi connectivity index (χ0) is 13.3. The standard InChI is InChI=1S/C14H11BrF2O/c1-8-6-9(15)2-4-11(8)14(18)12-5-3-10(16)7-13(12)17/h2-7,14,18H,1H3. The molecule has 0 aliphatic heterocycles. The van der Waals surface area contributed by atoms with Crippen molar-refractivity contribution in [3.8, 4) is 0 Å². The molecule has 1 N–H and O–H groups in total. The van der Waals surface area contributed by atoms with E-state index in [1.807, 2.05) is 13.0 Å². The molecule has 2 aromatic rings. The minimum Gasteiger partial charge on any atom is -0.384 e. The molecule has 4 heteroatoms. The van der Waals surface area contributed by atoms with Crippen molar-refractivity contribution < 1.29 is 13.9 Å². The SMILES string of the molecule is Cc1cc(Br)ccc1C(O)c1ccc(F)cc1F. The van der Waals surface area contributed by atoms with Crippen molar-refractivity contribution in [3.63, 3.8) is 0 Å². The molecule has 0 fully saturated rings. The van der Waals surface area contributed by atoms with Crippen LogP contribution in [0.5, 0.6) is 0 Å². The van der Waals surface area contributed by atoms with Crippen molar-refractivity contribution in [1.29, 1.82) is 0 Å². The van der Waals surface area contributed by atoms with E-state index >= 15 is 0 Å². The zero-order valence-corrected chi connectivity index (χ0v) is 11.2. The van der Waals surface area contributed by atoms with E-state index in [-0.39, 0.29) is 5.56 Å². The maximum Gasteiger partial charge on any atom is 0.132 e. The second-order valence-electron chi connectivity index (χ2n) is 4.07. The number of rotatable bonds is 2. The maximum atomic E-state index is 13.6. The van der Waals surface area contributed by atoms with E-state index < -0.39 is 17.7 Å². The topological polar surface area (TPSA) is 20.2 Å². The number of benzene rings is 2. The first-order valence-electron chi connectivity index (χ1n) is 5.38. The van der Waals surface area contributed by atoms with Gasteiger partial charge in [-0.2, -0.15) is 0 Å². The van der Waals surface area contributed by atoms with Crippen LogP contribution in [-0.4, -0.2) is 5.11 Å². The monoisotopic (exact) mass is 312 g/mol. The number of hydrogen-bond acceptors (Lipinski definition) is 1. The predicted molar refractivity (Wildman–Crippen MR) is 69.3 cm³/mol. The molecule has 0 radical (unpaired) electrons. The lowest BCUT2D eigenvalue weighted by atomic mass is 9.97. The highest BCUT2D eigenvalue weighted by Crippen LogP contribution is 2.28. The van der Waals surface area contributed by atoms with Crippen LogP contribution in [0.1, 0.15) is 22.8 Å². The molecule has 1 nitrogen and oxygen atoms in total. The van der Waals surface area contributed by atoms with E-state index in [0.29, 0.717) is 5.56 Å². The fourth-order valence-corrected chi connectivity index (χ4v) is 2.31. The van der Waals surface area contributed by atoms with Gasteiger partial charge in [0, 0.05) is 16.1 Å². The van der Waals surface area contributed by atoms with Gasteiger partial charge in [0.1, 0.15) is 17.7 Å². The quantitative estimate of drug-likeness (QED) is 0.884. The smallest absolute Gasteiger partial charge is 0.132 e. The van der Waals surface area contributed by atoms with Crippen LogP contribution in [0.2, 0.25) is 0 Å². The van der Waals surface area contributed by atoms with Crippen LogP contribution < -0.4 is 0 Å². The lowest BCUT2D eigenvalue weighted by Crippen LogP contribution is -2.04. The molecule has 2 rings (SSSR count). The minimum absolute atomic E-state index is 0.0711. The van der Waals surface area contributed by atoms with Gasteiger partial charge < -0.3 is 5.11 Å². The van der Waals surface area contributed by atoms with Gasteiger partial charge in [-0.1, -0.05) is 28.1 Å². The molecule has 0 saturated heterocycles. The van der Waals surface area contributed by atoms with Crippen LogP contribution in [0.25, 0.3) is 0 Å². The lowest BCUT2D eigenvalue weighted by molar-refractivity contribution is 0.214. The largest absolute Gasteiger partial charge is 0.384 e. The number of aliphatic hydroxyl groups is 1. The normalized spacial score (nSPS) is 12.5. The summed E-state index contributed by atoms with van der Waals surface area (Å²) in [5, 5.41) is 10.2. The summed E-state index contributed by atoms with van der Waals surface area (Å²) in [6, 6.07) is 8.49. The summed E-state index contributed by atoms with van der Waals surface area (Å²) in [4.78, 5) is 0. The van der Waals surface area contributed by atoms with Crippen LogP contribution in [-0.2, 0) is 0 Å². The van der Waals surface area contributed by atoms with Crippen LogP contribution in [0.15, 0.2) is 40.9 Å². The fourth-order valence-electron chi connectivity index (χ4n) is 1.84. The van der Waals surface area contributed by atoms with Crippen molar-refractivity contribution in [2.75, 3.05) is 0 Å². The Morgan fingerprint density at radius 1 is 1.06 bits per heavy atom. The van der Waals surface area contributed by atoms with Gasteiger partial charge in [-0.3, -0.25) is 0 Å². The summed E-state index contributed by atoms with van der Waals surface area (Å²) in [5.41, 5.74) is 1.51. The van der Waals surface area contributed by atoms with Gasteiger partial charge >= 0.3 is 0 Å². The summed E-state index contributed by atoms with van der Waals surface area (Å²) in [6.07, 6.45) is -1.10. The Labute approximate surface area is 112 Å². The molecule has 0 aliphatic rings. The summed E-state index contributed by atoms with van der Waals surface area (Å²) in [7, 11) is 0. The highest BCUT2D eigenvalue weighted by molar-refractivity contribution is 9.10. The van der Waals surface area contributed by atoms with Gasteiger partial charge in [0.25, 0.3) is 0 Å². The number of aryl methyl sites for hydroxylation is 1. The average Bonchev–Trinajstić information content (AvgIpc) is 2.28. The van der Waals surface area contributed by atoms with Crippen molar-refractivity contribution >= 4 is 15.9 Å². The Hall–Kier alpha value is -1.26. The molecule has 94 valence electrons. The van der Waals surface area contributed by atoms with Crippen LogP contribution >= 0.6 is 15.9 Å². The summed E-state index contributed by atoms with van der Waals surface area (Å²) < 4.78 is 27.3. The van der Waals surface area contributed by atoms with Gasteiger partial charge in [-0.15, -0.1) is 0 Å². The summed E-state index contributed by atoms with van der Waals surface area (Å²) >= 11 is 3.32. The molecule has 0 aromatic heterocycles. The first-order valence-corrected chi connectivity index (χ1v) is 6.17. The third-order valence-electron chi connectivity index (χ3n) is 2.78. The van der Waals surface area contributed by atoms with Gasteiger partial charge in [0.15, 0.2) is 0 Å². The zero-order valence-electron chi connectivity index (χ0n) is 9.62. The molecule has 2 aromatic carbocycles. The predicted octanol–water partition coefficient (Wildman–Crippen LogP) is 4.12. The Morgan fingerprint density at radius 2 is 1.72 bits per heavy atom. The molecule has 0 amide bonds. The molecule has 0 heterocycles. The van der Waals surface area contributed by atoms with Gasteiger partial charge in [-0.05, 0) is 36.2 Å². The molecule has 1 unspecified atom stereocenters. The van der Waals surface area contributed by atoms with Gasteiger partial charge in [0.2, 0.25) is 0 Å². The van der Waals surface area contributed by atoms with E-state index in [2.05, 4.69) is 15.9 Å². The Balaban J connectivity index is 2.44. The fraction of sp³-hybridized carbons (Fsp3) is 0.143. The molecule has 0 bridgehead atoms. The molecule has 1 atom stereocenters.